The summed E-state index contributed by atoms with van der Waals surface area (Å²) in [5, 5.41) is 0. The van der Waals surface area contributed by atoms with E-state index in [0.717, 1.165) is 5.56 Å². The molecule has 2 aliphatic rings. The maximum absolute atomic E-state index is 12.7. The first kappa shape index (κ1) is 22.2. The van der Waals surface area contributed by atoms with E-state index < -0.39 is 5.72 Å². The van der Waals surface area contributed by atoms with Crippen LogP contribution in [0.15, 0.2) is 54.6 Å². The van der Waals surface area contributed by atoms with Gasteiger partial charge in [-0.25, -0.2) is 0 Å². The molecule has 0 aromatic heterocycles. The number of nitrogens with zero attached hydrogens (tertiary/aromatic N) is 2. The van der Waals surface area contributed by atoms with Crippen molar-refractivity contribution in [2.24, 2.45) is 0 Å². The summed E-state index contributed by atoms with van der Waals surface area (Å²) in [5.41, 5.74) is 1.09. The molecule has 2 atom stereocenters. The van der Waals surface area contributed by atoms with Crippen LogP contribution in [0.2, 0.25) is 0 Å². The Kier molecular flexibility index (Phi) is 6.13. The van der Waals surface area contributed by atoms with Gasteiger partial charge in [0.1, 0.15) is 11.8 Å². The van der Waals surface area contributed by atoms with Gasteiger partial charge in [-0.15, -0.1) is 0 Å². The number of imide groups is 1. The van der Waals surface area contributed by atoms with E-state index in [4.69, 9.17) is 9.47 Å². The lowest BCUT2D eigenvalue weighted by atomic mass is 10.1. The van der Waals surface area contributed by atoms with Gasteiger partial charge in [-0.2, -0.15) is 0 Å². The first-order valence-electron chi connectivity index (χ1n) is 10.8. The van der Waals surface area contributed by atoms with Crippen LogP contribution in [-0.2, 0) is 20.9 Å². The normalized spacial score (nSPS) is 21.8. The molecule has 7 nitrogen and oxygen atoms in total. The Morgan fingerprint density at radius 2 is 1.59 bits per heavy atom. The number of amides is 3. The van der Waals surface area contributed by atoms with Gasteiger partial charge in [-0.1, -0.05) is 42.5 Å². The lowest BCUT2D eigenvalue weighted by Crippen LogP contribution is -2.49. The first-order chi connectivity index (χ1) is 15.3. The fraction of sp³-hybridized carbons (Fsp3) is 0.400. The van der Waals surface area contributed by atoms with E-state index in [1.54, 1.807) is 29.2 Å². The molecule has 2 heterocycles. The van der Waals surface area contributed by atoms with Crippen LogP contribution in [0, 0.1) is 0 Å². The zero-order valence-corrected chi connectivity index (χ0v) is 18.6. The van der Waals surface area contributed by atoms with Crippen molar-refractivity contribution in [1.29, 1.82) is 0 Å². The Morgan fingerprint density at radius 3 is 2.19 bits per heavy atom. The summed E-state index contributed by atoms with van der Waals surface area (Å²) in [6.45, 7) is 6.14. The topological polar surface area (TPSA) is 76.2 Å². The van der Waals surface area contributed by atoms with Crippen LogP contribution in [0.5, 0.6) is 0 Å². The van der Waals surface area contributed by atoms with Crippen molar-refractivity contribution in [3.05, 3.63) is 71.3 Å². The summed E-state index contributed by atoms with van der Waals surface area (Å²) < 4.78 is 12.1. The fourth-order valence-electron chi connectivity index (χ4n) is 4.71. The minimum absolute atomic E-state index is 0.118. The summed E-state index contributed by atoms with van der Waals surface area (Å²) in [6, 6.07) is 16.3. The van der Waals surface area contributed by atoms with Gasteiger partial charge in [-0.05, 0) is 38.0 Å². The molecular weight excluding hydrogens is 408 g/mol. The van der Waals surface area contributed by atoms with Crippen LogP contribution in [0.4, 0.5) is 0 Å². The molecule has 2 aromatic rings. The SMILES string of the molecule is CC(=O)N1C(CCN2C(=O)c3ccccc3C2=O)C(COCc2ccccc2)OC1(C)C. The third-order valence-corrected chi connectivity index (χ3v) is 6.04. The van der Waals surface area contributed by atoms with Gasteiger partial charge in [0.25, 0.3) is 11.8 Å². The van der Waals surface area contributed by atoms with Crippen molar-refractivity contribution in [2.75, 3.05) is 13.2 Å². The second-order valence-electron chi connectivity index (χ2n) is 8.66. The number of carbonyl (C=O) groups is 3. The van der Waals surface area contributed by atoms with Gasteiger partial charge in [0.2, 0.25) is 5.91 Å². The molecule has 1 fully saturated rings. The monoisotopic (exact) mass is 436 g/mol. The van der Waals surface area contributed by atoms with Gasteiger partial charge < -0.3 is 14.4 Å². The van der Waals surface area contributed by atoms with E-state index in [-0.39, 0.29) is 36.4 Å². The molecule has 0 radical (unpaired) electrons. The molecule has 0 N–H and O–H groups in total. The molecule has 7 heteroatoms. The summed E-state index contributed by atoms with van der Waals surface area (Å²) in [6.07, 6.45) is 0.0428. The summed E-state index contributed by atoms with van der Waals surface area (Å²) in [5.74, 6) is -0.710. The molecular formula is C25H28N2O5. The smallest absolute Gasteiger partial charge is 0.261 e. The van der Waals surface area contributed by atoms with Crippen LogP contribution in [0.3, 0.4) is 0 Å². The number of hydrogen-bond acceptors (Lipinski definition) is 5. The zero-order chi connectivity index (χ0) is 22.9. The average molecular weight is 437 g/mol. The van der Waals surface area contributed by atoms with Gasteiger partial charge in [0.15, 0.2) is 0 Å². The van der Waals surface area contributed by atoms with Crippen LogP contribution < -0.4 is 0 Å². The highest BCUT2D eigenvalue weighted by Crippen LogP contribution is 2.35. The quantitative estimate of drug-likeness (QED) is 0.623. The largest absolute Gasteiger partial charge is 0.374 e. The van der Waals surface area contributed by atoms with Crippen LogP contribution in [0.1, 0.15) is 53.5 Å². The molecule has 4 rings (SSSR count). The Hall–Kier alpha value is -3.03. The highest BCUT2D eigenvalue weighted by molar-refractivity contribution is 6.21. The lowest BCUT2D eigenvalue weighted by molar-refractivity contribution is -0.146. The van der Waals surface area contributed by atoms with E-state index in [2.05, 4.69) is 0 Å². The van der Waals surface area contributed by atoms with Crippen LogP contribution in [-0.4, -0.2) is 58.5 Å². The molecule has 0 aliphatic carbocycles. The van der Waals surface area contributed by atoms with E-state index in [0.29, 0.717) is 30.8 Å². The molecule has 32 heavy (non-hydrogen) atoms. The van der Waals surface area contributed by atoms with Crippen molar-refractivity contribution in [3.63, 3.8) is 0 Å². The van der Waals surface area contributed by atoms with E-state index in [1.807, 2.05) is 44.2 Å². The van der Waals surface area contributed by atoms with E-state index in [1.165, 1.54) is 11.8 Å². The number of benzene rings is 2. The van der Waals surface area contributed by atoms with Crippen molar-refractivity contribution in [1.82, 2.24) is 9.80 Å². The van der Waals surface area contributed by atoms with Gasteiger partial charge in [-0.3, -0.25) is 19.3 Å². The van der Waals surface area contributed by atoms with Crippen molar-refractivity contribution < 1.29 is 23.9 Å². The van der Waals surface area contributed by atoms with Crippen molar-refractivity contribution in [2.45, 2.75) is 51.7 Å². The standard InChI is InChI=1S/C25H28N2O5/c1-17(28)27-21(13-14-26-23(29)19-11-7-8-12-20(19)24(26)30)22(32-25(27,2)3)16-31-15-18-9-5-4-6-10-18/h4-12,21-22H,13-16H2,1-3H3. The first-order valence-corrected chi connectivity index (χ1v) is 10.8. The van der Waals surface area contributed by atoms with Gasteiger partial charge in [0, 0.05) is 13.5 Å². The maximum Gasteiger partial charge on any atom is 0.261 e. The molecule has 0 saturated carbocycles. The molecule has 2 unspecified atom stereocenters. The number of carbonyl (C=O) groups excluding carboxylic acids is 3. The fourth-order valence-corrected chi connectivity index (χ4v) is 4.71. The minimum Gasteiger partial charge on any atom is -0.374 e. The number of fused-ring (bicyclic) bond motifs is 1. The average Bonchev–Trinajstić information content (AvgIpc) is 3.17. The molecule has 0 bridgehead atoms. The number of ether oxygens (including phenoxy) is 2. The summed E-state index contributed by atoms with van der Waals surface area (Å²) in [4.78, 5) is 40.9. The Bertz CT molecular complexity index is 985. The van der Waals surface area contributed by atoms with Crippen molar-refractivity contribution in [3.8, 4) is 0 Å². The Balaban J connectivity index is 1.46. The molecule has 0 spiro atoms. The number of rotatable bonds is 7. The molecule has 1 saturated heterocycles. The Morgan fingerprint density at radius 1 is 1.00 bits per heavy atom. The zero-order valence-electron chi connectivity index (χ0n) is 18.6. The highest BCUT2D eigenvalue weighted by atomic mass is 16.6. The van der Waals surface area contributed by atoms with Gasteiger partial charge >= 0.3 is 0 Å². The molecule has 2 aliphatic heterocycles. The van der Waals surface area contributed by atoms with Gasteiger partial charge in [0.05, 0.1) is 30.4 Å². The summed E-state index contributed by atoms with van der Waals surface area (Å²) in [7, 11) is 0. The van der Waals surface area contributed by atoms with Crippen LogP contribution in [0.25, 0.3) is 0 Å². The van der Waals surface area contributed by atoms with Crippen molar-refractivity contribution >= 4 is 17.7 Å². The van der Waals surface area contributed by atoms with E-state index >= 15 is 0 Å². The highest BCUT2D eigenvalue weighted by Gasteiger charge is 2.49. The molecule has 3 amide bonds. The maximum atomic E-state index is 12.7. The third-order valence-electron chi connectivity index (χ3n) is 6.04. The second-order valence-corrected chi connectivity index (χ2v) is 8.66. The Labute approximate surface area is 187 Å². The second kappa shape index (κ2) is 8.84. The predicted molar refractivity (Wildman–Crippen MR) is 118 cm³/mol. The predicted octanol–water partition coefficient (Wildman–Crippen LogP) is 3.24. The molecule has 168 valence electrons. The van der Waals surface area contributed by atoms with Crippen LogP contribution >= 0.6 is 0 Å². The number of hydrogen-bond donors (Lipinski definition) is 0. The third kappa shape index (κ3) is 4.18. The van der Waals surface area contributed by atoms with E-state index in [9.17, 15) is 14.4 Å². The lowest BCUT2D eigenvalue weighted by Gasteiger charge is -2.33. The summed E-state index contributed by atoms with van der Waals surface area (Å²) >= 11 is 0. The minimum atomic E-state index is -0.806. The molecule has 2 aromatic carbocycles.